The van der Waals surface area contributed by atoms with E-state index in [1.165, 1.54) is 9.80 Å². The molecule has 10 nitrogen and oxygen atoms in total. The van der Waals surface area contributed by atoms with Gasteiger partial charge < -0.3 is 29.7 Å². The van der Waals surface area contributed by atoms with E-state index in [4.69, 9.17) is 21.1 Å². The average Bonchev–Trinajstić information content (AvgIpc) is 3.80. The third-order valence-electron chi connectivity index (χ3n) is 10.5. The van der Waals surface area contributed by atoms with E-state index < -0.39 is 66.1 Å². The highest BCUT2D eigenvalue weighted by atomic mass is 35.5. The van der Waals surface area contributed by atoms with Crippen molar-refractivity contribution in [3.05, 3.63) is 126 Å². The van der Waals surface area contributed by atoms with E-state index in [9.17, 15) is 19.5 Å². The van der Waals surface area contributed by atoms with Crippen LogP contribution in [0.2, 0.25) is 5.02 Å². The van der Waals surface area contributed by atoms with Gasteiger partial charge in [-0.2, -0.15) is 0 Å². The molecule has 0 unspecified atom stereocenters. The molecule has 2 bridgehead atoms. The van der Waals surface area contributed by atoms with Gasteiger partial charge in [0.05, 0.1) is 47.8 Å². The number of nitrogens with one attached hydrogen (secondary N) is 1. The summed E-state index contributed by atoms with van der Waals surface area (Å²) in [5, 5.41) is 14.1. The molecular formula is C41H44ClN3O7. The third kappa shape index (κ3) is 6.78. The summed E-state index contributed by atoms with van der Waals surface area (Å²) in [7, 11) is 0. The number of carbonyl (C=O) groups is 4. The summed E-state index contributed by atoms with van der Waals surface area (Å²) in [4.78, 5) is 59.9. The molecule has 0 aliphatic carbocycles. The summed E-state index contributed by atoms with van der Waals surface area (Å²) in [6.07, 6.45) is 3.21. The Morgan fingerprint density at radius 1 is 1.06 bits per heavy atom. The van der Waals surface area contributed by atoms with E-state index in [0.29, 0.717) is 41.1 Å². The Hall–Kier alpha value is -4.77. The number of esters is 1. The number of amides is 3. The molecule has 11 heteroatoms. The van der Waals surface area contributed by atoms with Gasteiger partial charge >= 0.3 is 5.97 Å². The van der Waals surface area contributed by atoms with E-state index >= 15 is 4.79 Å². The molecule has 3 amide bonds. The zero-order chi connectivity index (χ0) is 37.0. The van der Waals surface area contributed by atoms with E-state index in [-0.39, 0.29) is 25.4 Å². The number of nitrogens with zero attached hydrogens (tertiary/aromatic N) is 2. The first-order valence-electron chi connectivity index (χ1n) is 17.6. The number of hydrogen-bond donors (Lipinski definition) is 2. The summed E-state index contributed by atoms with van der Waals surface area (Å²) in [6, 6.07) is 21.3. The van der Waals surface area contributed by atoms with Gasteiger partial charge in [0.15, 0.2) is 0 Å². The molecule has 1 spiro atoms. The van der Waals surface area contributed by atoms with Gasteiger partial charge in [0.1, 0.15) is 17.7 Å². The maximum absolute atomic E-state index is 15.1. The van der Waals surface area contributed by atoms with Crippen molar-refractivity contribution in [2.24, 2.45) is 11.8 Å². The molecule has 0 aromatic heterocycles. The fourth-order valence-electron chi connectivity index (χ4n) is 8.18. The lowest BCUT2D eigenvalue weighted by atomic mass is 9.70. The van der Waals surface area contributed by atoms with Crippen LogP contribution in [-0.4, -0.2) is 71.1 Å². The summed E-state index contributed by atoms with van der Waals surface area (Å²) in [5.41, 5.74) is 1.13. The number of rotatable bonds is 15. The van der Waals surface area contributed by atoms with Crippen LogP contribution in [0.15, 0.2) is 104 Å². The highest BCUT2D eigenvalue weighted by Gasteiger charge is 2.76. The Morgan fingerprint density at radius 2 is 1.75 bits per heavy atom. The number of para-hydroxylation sites is 1. The van der Waals surface area contributed by atoms with Crippen molar-refractivity contribution >= 4 is 41.0 Å². The van der Waals surface area contributed by atoms with Gasteiger partial charge in [0.25, 0.3) is 5.91 Å². The first-order chi connectivity index (χ1) is 25.2. The molecule has 0 saturated carbocycles. The maximum atomic E-state index is 15.1. The van der Waals surface area contributed by atoms with Crippen molar-refractivity contribution < 1.29 is 33.8 Å². The topological polar surface area (TPSA) is 125 Å². The maximum Gasteiger partial charge on any atom is 0.313 e. The van der Waals surface area contributed by atoms with Crippen molar-refractivity contribution in [2.45, 2.75) is 62.5 Å². The van der Waals surface area contributed by atoms with E-state index in [2.05, 4.69) is 18.5 Å². The van der Waals surface area contributed by atoms with Crippen molar-refractivity contribution in [3.8, 4) is 0 Å². The number of aryl methyl sites for hydroxylation is 1. The lowest BCUT2D eigenvalue weighted by Crippen LogP contribution is -2.57. The summed E-state index contributed by atoms with van der Waals surface area (Å²) in [6.45, 7) is 9.03. The van der Waals surface area contributed by atoms with Crippen LogP contribution in [0.4, 0.5) is 5.69 Å². The third-order valence-corrected chi connectivity index (χ3v) is 10.8. The van der Waals surface area contributed by atoms with E-state index in [1.54, 1.807) is 60.7 Å². The molecule has 3 aromatic carbocycles. The van der Waals surface area contributed by atoms with Gasteiger partial charge in [-0.1, -0.05) is 96.5 Å². The highest BCUT2D eigenvalue weighted by Crippen LogP contribution is 2.60. The van der Waals surface area contributed by atoms with Crippen LogP contribution in [0.5, 0.6) is 0 Å². The Morgan fingerprint density at radius 3 is 2.38 bits per heavy atom. The second kappa shape index (κ2) is 15.9. The van der Waals surface area contributed by atoms with Crippen molar-refractivity contribution in [3.63, 3.8) is 0 Å². The zero-order valence-electron chi connectivity index (χ0n) is 29.2. The lowest BCUT2D eigenvalue weighted by Gasteiger charge is -2.39. The van der Waals surface area contributed by atoms with Crippen molar-refractivity contribution in [1.82, 2.24) is 10.2 Å². The quantitative estimate of drug-likeness (QED) is 0.153. The van der Waals surface area contributed by atoms with Gasteiger partial charge in [-0.05, 0) is 48.9 Å². The van der Waals surface area contributed by atoms with E-state index in [1.807, 2.05) is 37.3 Å². The average molecular weight is 726 g/mol. The Kier molecular flexibility index (Phi) is 11.3. The SMILES string of the molecule is C=CCCC(=O)NC[C@@H](OC(=O)[C@@H]1[C@H]2C(=O)N([C@H](CO)c3ccccc3)[C@H](C(=O)N(CC=C)c3c(C)cccc3Cl)[C@]23CC[C@H]1O3)c1ccccc1. The Balaban J connectivity index is 1.39. The van der Waals surface area contributed by atoms with Crippen LogP contribution in [0, 0.1) is 18.8 Å². The minimum atomic E-state index is -1.39. The highest BCUT2D eigenvalue weighted by molar-refractivity contribution is 6.34. The number of aliphatic hydroxyl groups is 1. The number of carbonyl (C=O) groups excluding carboxylic acids is 4. The summed E-state index contributed by atoms with van der Waals surface area (Å²) in [5.74, 6) is -3.90. The molecule has 7 atom stereocenters. The second-order valence-corrected chi connectivity index (χ2v) is 13.9. The predicted octanol–water partition coefficient (Wildman–Crippen LogP) is 5.64. The number of anilines is 1. The smallest absolute Gasteiger partial charge is 0.313 e. The Labute approximate surface area is 309 Å². The number of likely N-dealkylation sites (tertiary alicyclic amines) is 1. The molecule has 3 aromatic rings. The molecule has 2 N–H and O–H groups in total. The van der Waals surface area contributed by atoms with Gasteiger partial charge in [0, 0.05) is 13.0 Å². The predicted molar refractivity (Wildman–Crippen MR) is 197 cm³/mol. The van der Waals surface area contributed by atoms with E-state index in [0.717, 1.165) is 5.56 Å². The molecule has 52 heavy (non-hydrogen) atoms. The van der Waals surface area contributed by atoms with Crippen molar-refractivity contribution in [2.75, 3.05) is 24.6 Å². The fraction of sp³-hybridized carbons (Fsp3) is 0.366. The molecule has 3 saturated heterocycles. The van der Waals surface area contributed by atoms with Gasteiger partial charge in [-0.15, -0.1) is 13.2 Å². The van der Waals surface area contributed by atoms with Crippen LogP contribution in [0.25, 0.3) is 0 Å². The second-order valence-electron chi connectivity index (χ2n) is 13.5. The normalized spacial score (nSPS) is 24.1. The van der Waals surface area contributed by atoms with Crippen LogP contribution in [0.3, 0.4) is 0 Å². The number of aliphatic hydroxyl groups excluding tert-OH is 1. The molecule has 3 aliphatic rings. The summed E-state index contributed by atoms with van der Waals surface area (Å²) >= 11 is 6.71. The number of halogens is 1. The summed E-state index contributed by atoms with van der Waals surface area (Å²) < 4.78 is 12.9. The lowest BCUT2D eigenvalue weighted by molar-refractivity contribution is -0.161. The molecule has 6 rings (SSSR count). The van der Waals surface area contributed by atoms with Gasteiger partial charge in [-0.25, -0.2) is 0 Å². The minimum absolute atomic E-state index is 0.0231. The van der Waals surface area contributed by atoms with Crippen LogP contribution in [0.1, 0.15) is 54.5 Å². The molecule has 3 aliphatic heterocycles. The van der Waals surface area contributed by atoms with Gasteiger partial charge in [0.2, 0.25) is 11.8 Å². The minimum Gasteiger partial charge on any atom is -0.455 e. The largest absolute Gasteiger partial charge is 0.455 e. The van der Waals surface area contributed by atoms with Crippen LogP contribution in [-0.2, 0) is 28.7 Å². The number of ether oxygens (including phenoxy) is 2. The van der Waals surface area contributed by atoms with Crippen molar-refractivity contribution in [1.29, 1.82) is 0 Å². The number of fused-ring (bicyclic) bond motifs is 1. The molecule has 272 valence electrons. The standard InChI is InChI=1S/C41H44ClN3O7/c1-4-6-20-33(47)43-24-32(28-17-11-8-12-18-28)51-40(50)34-31-21-22-41(52-31)35(34)38(48)45(30(25-46)27-15-9-7-10-16-27)37(41)39(49)44(23-5-2)36-26(3)14-13-19-29(36)42/h4-5,7-19,30-32,34-35,37,46H,1-2,6,20-25H2,3H3,(H,43,47)/t30-,31-,32-,34+,35+,37-,41+/m1/s1. The Bertz CT molecular complexity index is 1800. The van der Waals surface area contributed by atoms with Crippen LogP contribution >= 0.6 is 11.6 Å². The fourth-order valence-corrected chi connectivity index (χ4v) is 8.50. The first kappa shape index (κ1) is 37.0. The number of allylic oxidation sites excluding steroid dienone is 1. The molecule has 3 heterocycles. The molecular weight excluding hydrogens is 682 g/mol. The van der Waals surface area contributed by atoms with Gasteiger partial charge in [-0.3, -0.25) is 19.2 Å². The first-order valence-corrected chi connectivity index (χ1v) is 18.0. The molecule has 3 fully saturated rings. The number of benzene rings is 3. The molecule has 0 radical (unpaired) electrons. The zero-order valence-corrected chi connectivity index (χ0v) is 29.9. The number of hydrogen-bond acceptors (Lipinski definition) is 7. The van der Waals surface area contributed by atoms with Crippen LogP contribution < -0.4 is 10.2 Å². The monoisotopic (exact) mass is 725 g/mol.